The number of nitrogens with zero attached hydrogens (tertiary/aromatic N) is 2. The Morgan fingerprint density at radius 3 is 2.61 bits per heavy atom. The molecule has 0 aromatic carbocycles. The van der Waals surface area contributed by atoms with Crippen molar-refractivity contribution in [1.82, 2.24) is 15.2 Å². The summed E-state index contributed by atoms with van der Waals surface area (Å²) in [6.07, 6.45) is 6.13. The van der Waals surface area contributed by atoms with Gasteiger partial charge in [-0.1, -0.05) is 26.8 Å². The summed E-state index contributed by atoms with van der Waals surface area (Å²) in [6.45, 7) is 11.1. The fraction of sp³-hybridized carbons (Fsp3) is 0.667. The lowest BCUT2D eigenvalue weighted by molar-refractivity contribution is 0.281. The van der Waals surface area contributed by atoms with E-state index in [-0.39, 0.29) is 0 Å². The van der Waals surface area contributed by atoms with Crippen LogP contribution in [0.5, 0.6) is 0 Å². The van der Waals surface area contributed by atoms with E-state index in [2.05, 4.69) is 42.0 Å². The fourth-order valence-electron chi connectivity index (χ4n) is 2.14. The second kappa shape index (κ2) is 9.06. The summed E-state index contributed by atoms with van der Waals surface area (Å²) in [6, 6.07) is 4.62. The van der Waals surface area contributed by atoms with Crippen LogP contribution < -0.4 is 5.32 Å². The van der Waals surface area contributed by atoms with Crippen LogP contribution in [0, 0.1) is 0 Å². The van der Waals surface area contributed by atoms with Gasteiger partial charge in [-0.3, -0.25) is 4.98 Å². The van der Waals surface area contributed by atoms with Crippen molar-refractivity contribution in [3.8, 4) is 0 Å². The zero-order valence-electron chi connectivity index (χ0n) is 12.0. The molecular formula is C15H27N3. The predicted octanol–water partition coefficient (Wildman–Crippen LogP) is 2.85. The molecule has 0 bridgehead atoms. The van der Waals surface area contributed by atoms with E-state index in [0.29, 0.717) is 6.04 Å². The lowest BCUT2D eigenvalue weighted by atomic mass is 10.1. The lowest BCUT2D eigenvalue weighted by Crippen LogP contribution is -2.30. The molecule has 0 aliphatic carbocycles. The number of pyridine rings is 1. The summed E-state index contributed by atoms with van der Waals surface area (Å²) >= 11 is 0. The minimum Gasteiger partial charge on any atom is -0.310 e. The minimum absolute atomic E-state index is 0.430. The average Bonchev–Trinajstić information content (AvgIpc) is 2.44. The van der Waals surface area contributed by atoms with Crippen LogP contribution in [0.1, 0.15) is 45.2 Å². The monoisotopic (exact) mass is 249 g/mol. The molecule has 1 N–H and O–H groups in total. The number of aromatic nitrogens is 1. The molecular weight excluding hydrogens is 222 g/mol. The second-order valence-electron chi connectivity index (χ2n) is 4.61. The van der Waals surface area contributed by atoms with Crippen molar-refractivity contribution in [3.05, 3.63) is 30.1 Å². The maximum atomic E-state index is 4.23. The highest BCUT2D eigenvalue weighted by Crippen LogP contribution is 2.16. The summed E-state index contributed by atoms with van der Waals surface area (Å²) in [5, 5.41) is 3.62. The first kappa shape index (κ1) is 15.1. The van der Waals surface area contributed by atoms with Gasteiger partial charge in [0.15, 0.2) is 0 Å². The van der Waals surface area contributed by atoms with Crippen molar-refractivity contribution in [3.63, 3.8) is 0 Å². The molecule has 1 aromatic rings. The summed E-state index contributed by atoms with van der Waals surface area (Å²) < 4.78 is 0. The van der Waals surface area contributed by atoms with Crippen LogP contribution in [0.15, 0.2) is 24.5 Å². The van der Waals surface area contributed by atoms with Crippen LogP contribution in [0.2, 0.25) is 0 Å². The van der Waals surface area contributed by atoms with Gasteiger partial charge in [0.05, 0.1) is 0 Å². The smallest absolute Gasteiger partial charge is 0.0347 e. The molecule has 1 atom stereocenters. The first-order valence-electron chi connectivity index (χ1n) is 7.17. The number of hydrogen-bond acceptors (Lipinski definition) is 3. The molecule has 3 nitrogen and oxygen atoms in total. The van der Waals surface area contributed by atoms with Crippen LogP contribution in [-0.4, -0.2) is 36.1 Å². The SMILES string of the molecule is CCCNC(CCN(CC)CC)c1cccnc1. The van der Waals surface area contributed by atoms with Crippen molar-refractivity contribution in [1.29, 1.82) is 0 Å². The van der Waals surface area contributed by atoms with Crippen molar-refractivity contribution in [2.75, 3.05) is 26.2 Å². The summed E-state index contributed by atoms with van der Waals surface area (Å²) in [7, 11) is 0. The van der Waals surface area contributed by atoms with Crippen LogP contribution >= 0.6 is 0 Å². The molecule has 1 rings (SSSR count). The molecule has 0 saturated carbocycles. The third-order valence-electron chi connectivity index (χ3n) is 3.36. The van der Waals surface area contributed by atoms with E-state index in [1.165, 1.54) is 12.0 Å². The zero-order chi connectivity index (χ0) is 13.2. The fourth-order valence-corrected chi connectivity index (χ4v) is 2.14. The Balaban J connectivity index is 2.56. The van der Waals surface area contributed by atoms with Gasteiger partial charge in [-0.05, 0) is 50.7 Å². The van der Waals surface area contributed by atoms with Gasteiger partial charge < -0.3 is 10.2 Å². The predicted molar refractivity (Wildman–Crippen MR) is 77.7 cm³/mol. The normalized spacial score (nSPS) is 12.9. The largest absolute Gasteiger partial charge is 0.310 e. The third-order valence-corrected chi connectivity index (χ3v) is 3.36. The molecule has 102 valence electrons. The van der Waals surface area contributed by atoms with Crippen molar-refractivity contribution in [2.45, 2.75) is 39.7 Å². The van der Waals surface area contributed by atoms with Gasteiger partial charge in [0.1, 0.15) is 0 Å². The molecule has 0 fully saturated rings. The minimum atomic E-state index is 0.430. The highest BCUT2D eigenvalue weighted by atomic mass is 15.1. The van der Waals surface area contributed by atoms with Crippen LogP contribution in [0.4, 0.5) is 0 Å². The van der Waals surface area contributed by atoms with Crippen molar-refractivity contribution >= 4 is 0 Å². The quantitative estimate of drug-likeness (QED) is 0.729. The number of rotatable bonds is 9. The molecule has 0 spiro atoms. The van der Waals surface area contributed by atoms with Crippen LogP contribution in [0.25, 0.3) is 0 Å². The molecule has 1 unspecified atom stereocenters. The van der Waals surface area contributed by atoms with Crippen molar-refractivity contribution < 1.29 is 0 Å². The van der Waals surface area contributed by atoms with E-state index < -0.39 is 0 Å². The topological polar surface area (TPSA) is 28.2 Å². The molecule has 0 aliphatic rings. The van der Waals surface area contributed by atoms with Gasteiger partial charge in [-0.15, -0.1) is 0 Å². The Hall–Kier alpha value is -0.930. The summed E-state index contributed by atoms with van der Waals surface area (Å²) in [5.74, 6) is 0. The van der Waals surface area contributed by atoms with E-state index in [0.717, 1.165) is 32.6 Å². The lowest BCUT2D eigenvalue weighted by Gasteiger charge is -2.23. The number of nitrogens with one attached hydrogen (secondary N) is 1. The molecule has 3 heteroatoms. The maximum absolute atomic E-state index is 4.23. The average molecular weight is 249 g/mol. The standard InChI is InChI=1S/C15H27N3/c1-4-10-17-15(9-12-18(5-2)6-3)14-8-7-11-16-13-14/h7-8,11,13,15,17H,4-6,9-10,12H2,1-3H3. The van der Waals surface area contributed by atoms with E-state index in [1.807, 2.05) is 18.5 Å². The Labute approximate surface area is 112 Å². The zero-order valence-corrected chi connectivity index (χ0v) is 12.0. The first-order chi connectivity index (χ1) is 8.81. The van der Waals surface area contributed by atoms with Crippen LogP contribution in [0.3, 0.4) is 0 Å². The molecule has 1 heterocycles. The van der Waals surface area contributed by atoms with Gasteiger partial charge in [-0.25, -0.2) is 0 Å². The molecule has 1 aromatic heterocycles. The Morgan fingerprint density at radius 1 is 1.28 bits per heavy atom. The van der Waals surface area contributed by atoms with Gasteiger partial charge in [-0.2, -0.15) is 0 Å². The molecule has 0 amide bonds. The number of hydrogen-bond donors (Lipinski definition) is 1. The van der Waals surface area contributed by atoms with Gasteiger partial charge >= 0.3 is 0 Å². The Bertz CT molecular complexity index is 296. The van der Waals surface area contributed by atoms with Gasteiger partial charge in [0.2, 0.25) is 0 Å². The van der Waals surface area contributed by atoms with E-state index in [1.54, 1.807) is 0 Å². The first-order valence-corrected chi connectivity index (χ1v) is 7.17. The van der Waals surface area contributed by atoms with Gasteiger partial charge in [0.25, 0.3) is 0 Å². The molecule has 18 heavy (non-hydrogen) atoms. The van der Waals surface area contributed by atoms with E-state index in [9.17, 15) is 0 Å². The van der Waals surface area contributed by atoms with E-state index in [4.69, 9.17) is 0 Å². The molecule has 0 aliphatic heterocycles. The summed E-state index contributed by atoms with van der Waals surface area (Å²) in [5.41, 5.74) is 1.30. The molecule has 0 radical (unpaired) electrons. The molecule has 0 saturated heterocycles. The third kappa shape index (κ3) is 5.15. The van der Waals surface area contributed by atoms with Crippen LogP contribution in [-0.2, 0) is 0 Å². The maximum Gasteiger partial charge on any atom is 0.0347 e. The second-order valence-corrected chi connectivity index (χ2v) is 4.61. The Kier molecular flexibility index (Phi) is 7.62. The van der Waals surface area contributed by atoms with Crippen molar-refractivity contribution in [2.24, 2.45) is 0 Å². The Morgan fingerprint density at radius 2 is 2.06 bits per heavy atom. The van der Waals surface area contributed by atoms with Gasteiger partial charge in [0, 0.05) is 18.4 Å². The summed E-state index contributed by atoms with van der Waals surface area (Å²) in [4.78, 5) is 6.70. The van der Waals surface area contributed by atoms with E-state index >= 15 is 0 Å². The highest BCUT2D eigenvalue weighted by Gasteiger charge is 2.11. The highest BCUT2D eigenvalue weighted by molar-refractivity contribution is 5.13.